The number of hydrogen-bond acceptors (Lipinski definition) is 9. The van der Waals surface area contributed by atoms with Gasteiger partial charge in [0, 0.05) is 11.1 Å². The Morgan fingerprint density at radius 3 is 2.68 bits per heavy atom. The summed E-state index contributed by atoms with van der Waals surface area (Å²) in [4.78, 5) is 26.8. The van der Waals surface area contributed by atoms with E-state index in [0.29, 0.717) is 33.5 Å². The molecule has 3 N–H and O–H groups in total. The SMILES string of the molecule is C[C@H](Nc1nc(N)ncc1C#N)c1nc2cccc(-c3cnoc3)c2c(=O)n1-c1ccccc1. The first kappa shape index (κ1) is 20.8. The molecule has 0 spiro atoms. The number of nitrogens with one attached hydrogen (secondary N) is 1. The lowest BCUT2D eigenvalue weighted by molar-refractivity contribution is 0.420. The van der Waals surface area contributed by atoms with Crippen molar-refractivity contribution in [2.75, 3.05) is 11.1 Å². The van der Waals surface area contributed by atoms with Crippen molar-refractivity contribution in [2.24, 2.45) is 0 Å². The number of anilines is 2. The largest absolute Gasteiger partial charge is 0.368 e. The third-order valence-corrected chi connectivity index (χ3v) is 5.35. The summed E-state index contributed by atoms with van der Waals surface area (Å²) in [6, 6.07) is 16.2. The van der Waals surface area contributed by atoms with Crippen LogP contribution < -0.4 is 16.6 Å². The highest BCUT2D eigenvalue weighted by Crippen LogP contribution is 2.28. The number of fused-ring (bicyclic) bond motifs is 1. The van der Waals surface area contributed by atoms with Gasteiger partial charge in [0.1, 0.15) is 29.5 Å². The summed E-state index contributed by atoms with van der Waals surface area (Å²) in [7, 11) is 0. The standard InChI is InChI=1S/C24H18N8O2/c1-14(29-21-15(10-25)11-27-24(26)31-21)22-30-19-9-5-8-18(16-12-28-34-13-16)20(19)23(33)32(22)17-6-3-2-4-7-17/h2-9,11-14H,1H3,(H3,26,27,29,31)/t14-/m0/s1. The van der Waals surface area contributed by atoms with Crippen molar-refractivity contribution in [1.29, 1.82) is 5.26 Å². The van der Waals surface area contributed by atoms with Crippen LogP contribution in [-0.4, -0.2) is 24.7 Å². The number of nitriles is 1. The summed E-state index contributed by atoms with van der Waals surface area (Å²) in [6.45, 7) is 1.83. The Balaban J connectivity index is 1.74. The molecule has 3 aromatic heterocycles. The quantitative estimate of drug-likeness (QED) is 0.410. The second kappa shape index (κ2) is 8.48. The normalized spacial score (nSPS) is 11.8. The first-order chi connectivity index (χ1) is 16.6. The second-order valence-electron chi connectivity index (χ2n) is 7.53. The zero-order valence-corrected chi connectivity index (χ0v) is 18.0. The first-order valence-electron chi connectivity index (χ1n) is 10.4. The van der Waals surface area contributed by atoms with Gasteiger partial charge in [-0.25, -0.2) is 9.97 Å². The van der Waals surface area contributed by atoms with Crippen LogP contribution in [0.3, 0.4) is 0 Å². The molecule has 2 aromatic carbocycles. The van der Waals surface area contributed by atoms with E-state index in [2.05, 4.69) is 20.4 Å². The highest BCUT2D eigenvalue weighted by molar-refractivity contribution is 5.93. The van der Waals surface area contributed by atoms with Gasteiger partial charge in [-0.3, -0.25) is 9.36 Å². The van der Waals surface area contributed by atoms with Gasteiger partial charge in [0.2, 0.25) is 5.95 Å². The minimum absolute atomic E-state index is 0.0268. The lowest BCUT2D eigenvalue weighted by Gasteiger charge is -2.21. The van der Waals surface area contributed by atoms with Gasteiger partial charge in [-0.2, -0.15) is 10.2 Å². The molecule has 10 heteroatoms. The summed E-state index contributed by atoms with van der Waals surface area (Å²) in [5, 5.41) is 16.8. The topological polar surface area (TPSA) is 149 Å². The summed E-state index contributed by atoms with van der Waals surface area (Å²) in [6.07, 6.45) is 4.39. The van der Waals surface area contributed by atoms with Gasteiger partial charge in [0.15, 0.2) is 0 Å². The van der Waals surface area contributed by atoms with Crippen LogP contribution in [0.5, 0.6) is 0 Å². The highest BCUT2D eigenvalue weighted by atomic mass is 16.5. The molecule has 5 aromatic rings. The number of hydrogen-bond donors (Lipinski definition) is 2. The van der Waals surface area contributed by atoms with E-state index in [1.54, 1.807) is 16.8 Å². The van der Waals surface area contributed by atoms with Crippen LogP contribution in [0.25, 0.3) is 27.7 Å². The molecule has 10 nitrogen and oxygen atoms in total. The molecule has 1 atom stereocenters. The number of para-hydroxylation sites is 1. The zero-order chi connectivity index (χ0) is 23.7. The number of nitrogens with two attached hydrogens (primary N) is 1. The van der Waals surface area contributed by atoms with Crippen LogP contribution in [0.2, 0.25) is 0 Å². The van der Waals surface area contributed by atoms with E-state index in [1.807, 2.05) is 55.5 Å². The van der Waals surface area contributed by atoms with Crippen LogP contribution in [0.15, 0.2) is 76.5 Å². The van der Waals surface area contributed by atoms with Crippen molar-refractivity contribution in [2.45, 2.75) is 13.0 Å². The lowest BCUT2D eigenvalue weighted by Crippen LogP contribution is -2.28. The fourth-order valence-electron chi connectivity index (χ4n) is 3.80. The smallest absolute Gasteiger partial charge is 0.266 e. The monoisotopic (exact) mass is 450 g/mol. The third kappa shape index (κ3) is 3.61. The maximum absolute atomic E-state index is 13.9. The molecule has 0 amide bonds. The van der Waals surface area contributed by atoms with E-state index < -0.39 is 6.04 Å². The third-order valence-electron chi connectivity index (χ3n) is 5.35. The number of aromatic nitrogens is 5. The number of benzene rings is 2. The number of nitrogens with zero attached hydrogens (tertiary/aromatic N) is 6. The Morgan fingerprint density at radius 1 is 1.12 bits per heavy atom. The predicted molar refractivity (Wildman–Crippen MR) is 126 cm³/mol. The molecule has 5 rings (SSSR count). The summed E-state index contributed by atoms with van der Waals surface area (Å²) < 4.78 is 6.54. The maximum atomic E-state index is 13.9. The Kier molecular flexibility index (Phi) is 5.20. The molecule has 0 fully saturated rings. The number of rotatable bonds is 5. The van der Waals surface area contributed by atoms with E-state index in [1.165, 1.54) is 12.5 Å². The fraction of sp³-hybridized carbons (Fsp3) is 0.0833. The van der Waals surface area contributed by atoms with Crippen molar-refractivity contribution in [3.8, 4) is 22.9 Å². The van der Waals surface area contributed by atoms with Crippen LogP contribution >= 0.6 is 0 Å². The molecule has 166 valence electrons. The van der Waals surface area contributed by atoms with Crippen LogP contribution in [-0.2, 0) is 0 Å². The molecular weight excluding hydrogens is 432 g/mol. The molecular formula is C24H18N8O2. The molecule has 0 aliphatic carbocycles. The van der Waals surface area contributed by atoms with E-state index in [0.717, 1.165) is 0 Å². The van der Waals surface area contributed by atoms with Gasteiger partial charge in [0.05, 0.1) is 35.0 Å². The Labute approximate surface area is 193 Å². The van der Waals surface area contributed by atoms with Crippen molar-refractivity contribution in [3.05, 3.63) is 88.9 Å². The Hall–Kier alpha value is -5.04. The lowest BCUT2D eigenvalue weighted by atomic mass is 10.0. The van der Waals surface area contributed by atoms with Crippen molar-refractivity contribution < 1.29 is 4.52 Å². The first-order valence-corrected chi connectivity index (χ1v) is 10.4. The van der Waals surface area contributed by atoms with Crippen LogP contribution in [0.4, 0.5) is 11.8 Å². The Bertz CT molecular complexity index is 1590. The Morgan fingerprint density at radius 2 is 1.94 bits per heavy atom. The molecule has 3 heterocycles. The molecule has 34 heavy (non-hydrogen) atoms. The van der Waals surface area contributed by atoms with E-state index in [-0.39, 0.29) is 22.9 Å². The predicted octanol–water partition coefficient (Wildman–Crippen LogP) is 3.46. The zero-order valence-electron chi connectivity index (χ0n) is 18.0. The summed E-state index contributed by atoms with van der Waals surface area (Å²) in [5.41, 5.74) is 8.21. The van der Waals surface area contributed by atoms with Crippen LogP contribution in [0.1, 0.15) is 24.4 Å². The molecule has 0 aliphatic rings. The van der Waals surface area contributed by atoms with Gasteiger partial charge >= 0.3 is 0 Å². The van der Waals surface area contributed by atoms with E-state index in [4.69, 9.17) is 15.2 Å². The van der Waals surface area contributed by atoms with Gasteiger partial charge in [0.25, 0.3) is 5.56 Å². The molecule has 0 radical (unpaired) electrons. The van der Waals surface area contributed by atoms with Gasteiger partial charge < -0.3 is 15.6 Å². The van der Waals surface area contributed by atoms with Gasteiger partial charge in [-0.1, -0.05) is 35.5 Å². The molecule has 0 aliphatic heterocycles. The molecule has 0 unspecified atom stereocenters. The molecule has 0 bridgehead atoms. The minimum Gasteiger partial charge on any atom is -0.368 e. The second-order valence-corrected chi connectivity index (χ2v) is 7.53. The fourth-order valence-corrected chi connectivity index (χ4v) is 3.80. The molecule has 0 saturated heterocycles. The molecule has 0 saturated carbocycles. The average molecular weight is 450 g/mol. The van der Waals surface area contributed by atoms with Crippen molar-refractivity contribution in [3.63, 3.8) is 0 Å². The van der Waals surface area contributed by atoms with Crippen molar-refractivity contribution in [1.82, 2.24) is 24.7 Å². The maximum Gasteiger partial charge on any atom is 0.266 e. The van der Waals surface area contributed by atoms with Crippen molar-refractivity contribution >= 4 is 22.7 Å². The number of nitrogen functional groups attached to an aromatic ring is 1. The van der Waals surface area contributed by atoms with Gasteiger partial charge in [-0.15, -0.1) is 0 Å². The summed E-state index contributed by atoms with van der Waals surface area (Å²) >= 11 is 0. The average Bonchev–Trinajstić information content (AvgIpc) is 3.39. The van der Waals surface area contributed by atoms with E-state index >= 15 is 0 Å². The highest BCUT2D eigenvalue weighted by Gasteiger charge is 2.21. The minimum atomic E-state index is -0.516. The van der Waals surface area contributed by atoms with Gasteiger partial charge in [-0.05, 0) is 25.1 Å². The summed E-state index contributed by atoms with van der Waals surface area (Å²) in [5.74, 6) is 0.723. The van der Waals surface area contributed by atoms with Crippen LogP contribution in [0, 0.1) is 11.3 Å². The van der Waals surface area contributed by atoms with E-state index in [9.17, 15) is 10.1 Å².